The molecule has 1 rings (SSSR count). The topological polar surface area (TPSA) is 56.8 Å². The number of hydrogen-bond donors (Lipinski definition) is 1. The van der Waals surface area contributed by atoms with Gasteiger partial charge < -0.3 is 19.5 Å². The number of esters is 1. The van der Waals surface area contributed by atoms with Crippen LogP contribution in [-0.4, -0.2) is 38.4 Å². The zero-order valence-electron chi connectivity index (χ0n) is 14.9. The van der Waals surface area contributed by atoms with Crippen LogP contribution in [0.3, 0.4) is 0 Å². The lowest BCUT2D eigenvalue weighted by Gasteiger charge is -2.25. The Morgan fingerprint density at radius 1 is 1.35 bits per heavy atom. The van der Waals surface area contributed by atoms with Crippen LogP contribution in [0.15, 0.2) is 18.2 Å². The molecule has 0 fully saturated rings. The van der Waals surface area contributed by atoms with Crippen LogP contribution in [0.5, 0.6) is 5.75 Å². The summed E-state index contributed by atoms with van der Waals surface area (Å²) in [5.41, 5.74) is 1.18. The third-order valence-corrected chi connectivity index (χ3v) is 3.40. The van der Waals surface area contributed by atoms with E-state index in [4.69, 9.17) is 14.2 Å². The Bertz CT molecular complexity index is 506. The van der Waals surface area contributed by atoms with Crippen molar-refractivity contribution in [2.75, 3.05) is 26.9 Å². The lowest BCUT2D eigenvalue weighted by Crippen LogP contribution is -2.39. The van der Waals surface area contributed by atoms with Crippen LogP contribution >= 0.6 is 0 Å². The van der Waals surface area contributed by atoms with Gasteiger partial charge in [-0.3, -0.25) is 0 Å². The predicted octanol–water partition coefficient (Wildman–Crippen LogP) is 3.09. The highest BCUT2D eigenvalue weighted by Crippen LogP contribution is 2.24. The SMILES string of the molecule is CCOC(=O)C(C)(C)Oc1ccc(CNCCCOC)cc1C.[HH]. The summed E-state index contributed by atoms with van der Waals surface area (Å²) in [7, 11) is 1.71. The van der Waals surface area contributed by atoms with Crippen LogP contribution < -0.4 is 10.1 Å². The number of methoxy groups -OCH3 is 1. The van der Waals surface area contributed by atoms with Gasteiger partial charge in [0.15, 0.2) is 5.60 Å². The molecular weight excluding hydrogens is 294 g/mol. The Morgan fingerprint density at radius 2 is 2.09 bits per heavy atom. The minimum Gasteiger partial charge on any atom is -0.476 e. The fourth-order valence-corrected chi connectivity index (χ4v) is 2.13. The first-order valence-electron chi connectivity index (χ1n) is 8.06. The second-order valence-corrected chi connectivity index (χ2v) is 5.96. The highest BCUT2D eigenvalue weighted by molar-refractivity contribution is 5.79. The van der Waals surface area contributed by atoms with Gasteiger partial charge in [0.2, 0.25) is 0 Å². The molecule has 0 aromatic heterocycles. The average Bonchev–Trinajstić information content (AvgIpc) is 2.50. The Labute approximate surface area is 140 Å². The summed E-state index contributed by atoms with van der Waals surface area (Å²) in [4.78, 5) is 11.9. The molecule has 5 nitrogen and oxygen atoms in total. The first-order valence-corrected chi connectivity index (χ1v) is 8.06. The Kier molecular flexibility index (Phi) is 8.06. The van der Waals surface area contributed by atoms with Crippen LogP contribution in [0.2, 0.25) is 0 Å². The van der Waals surface area contributed by atoms with Crippen molar-refractivity contribution in [3.8, 4) is 5.75 Å². The standard InChI is InChI=1S/C18H29NO4.H2/c1-6-22-17(20)18(3,4)23-16-9-8-15(12-14(16)2)13-19-10-7-11-21-5;/h8-9,12,19H,6-7,10-11,13H2,1-5H3;1H. The summed E-state index contributed by atoms with van der Waals surface area (Å²) in [6.45, 7) is 10.0. The molecule has 0 amide bonds. The quantitative estimate of drug-likeness (QED) is 0.529. The Hall–Kier alpha value is -1.59. The maximum absolute atomic E-state index is 11.9. The number of aryl methyl sites for hydroxylation is 1. The van der Waals surface area contributed by atoms with Crippen LogP contribution in [0.4, 0.5) is 0 Å². The lowest BCUT2D eigenvalue weighted by atomic mass is 10.1. The van der Waals surface area contributed by atoms with E-state index in [-0.39, 0.29) is 7.40 Å². The number of carbonyl (C=O) groups excluding carboxylic acids is 1. The molecule has 132 valence electrons. The van der Waals surface area contributed by atoms with Gasteiger partial charge in [0.05, 0.1) is 6.61 Å². The van der Waals surface area contributed by atoms with Crippen molar-refractivity contribution in [3.63, 3.8) is 0 Å². The summed E-state index contributed by atoms with van der Waals surface area (Å²) in [6.07, 6.45) is 0.990. The molecule has 0 saturated carbocycles. The first-order chi connectivity index (χ1) is 10.9. The molecule has 0 heterocycles. The summed E-state index contributed by atoms with van der Waals surface area (Å²) in [6, 6.07) is 5.98. The van der Waals surface area contributed by atoms with E-state index in [1.165, 1.54) is 5.56 Å². The summed E-state index contributed by atoms with van der Waals surface area (Å²) >= 11 is 0. The predicted molar refractivity (Wildman–Crippen MR) is 92.8 cm³/mol. The average molecular weight is 325 g/mol. The fourth-order valence-electron chi connectivity index (χ4n) is 2.13. The molecule has 23 heavy (non-hydrogen) atoms. The van der Waals surface area contributed by atoms with Crippen LogP contribution in [-0.2, 0) is 20.8 Å². The van der Waals surface area contributed by atoms with Gasteiger partial charge in [0.25, 0.3) is 0 Å². The molecule has 0 radical (unpaired) electrons. The third kappa shape index (κ3) is 6.59. The van der Waals surface area contributed by atoms with Crippen LogP contribution in [0.25, 0.3) is 0 Å². The molecule has 0 unspecified atom stereocenters. The van der Waals surface area contributed by atoms with E-state index in [9.17, 15) is 4.79 Å². The molecule has 0 bridgehead atoms. The maximum atomic E-state index is 11.9. The van der Waals surface area contributed by atoms with E-state index in [0.29, 0.717) is 12.4 Å². The molecule has 1 aromatic carbocycles. The normalized spacial score (nSPS) is 11.3. The Balaban J connectivity index is 0.00000529. The highest BCUT2D eigenvalue weighted by Gasteiger charge is 2.32. The number of carbonyl (C=O) groups is 1. The monoisotopic (exact) mass is 325 g/mol. The number of nitrogens with one attached hydrogen (secondary N) is 1. The van der Waals surface area contributed by atoms with Crippen molar-refractivity contribution < 1.29 is 20.4 Å². The van der Waals surface area contributed by atoms with Gasteiger partial charge in [-0.25, -0.2) is 4.79 Å². The zero-order chi connectivity index (χ0) is 17.3. The van der Waals surface area contributed by atoms with Crippen molar-refractivity contribution in [1.29, 1.82) is 0 Å². The Morgan fingerprint density at radius 3 is 2.70 bits per heavy atom. The van der Waals surface area contributed by atoms with Gasteiger partial charge in [-0.05, 0) is 57.9 Å². The van der Waals surface area contributed by atoms with E-state index in [0.717, 1.165) is 31.7 Å². The minimum atomic E-state index is -0.999. The lowest BCUT2D eigenvalue weighted by molar-refractivity contribution is -0.158. The molecule has 0 spiro atoms. The van der Waals surface area contributed by atoms with E-state index >= 15 is 0 Å². The van der Waals surface area contributed by atoms with Crippen molar-refractivity contribution in [3.05, 3.63) is 29.3 Å². The molecule has 0 aliphatic rings. The molecule has 1 N–H and O–H groups in total. The third-order valence-electron chi connectivity index (χ3n) is 3.40. The van der Waals surface area contributed by atoms with Gasteiger partial charge in [0.1, 0.15) is 5.75 Å². The smallest absolute Gasteiger partial charge is 0.349 e. The van der Waals surface area contributed by atoms with Gasteiger partial charge in [-0.1, -0.05) is 12.1 Å². The van der Waals surface area contributed by atoms with Crippen molar-refractivity contribution in [1.82, 2.24) is 5.32 Å². The van der Waals surface area contributed by atoms with Crippen molar-refractivity contribution in [2.45, 2.75) is 46.3 Å². The molecule has 5 heteroatoms. The first kappa shape index (κ1) is 19.5. The number of ether oxygens (including phenoxy) is 3. The van der Waals surface area contributed by atoms with E-state index < -0.39 is 5.60 Å². The summed E-state index contributed by atoms with van der Waals surface area (Å²) < 4.78 is 15.9. The molecule has 0 aliphatic heterocycles. The molecule has 1 aromatic rings. The van der Waals surface area contributed by atoms with Crippen LogP contribution in [0.1, 0.15) is 39.7 Å². The van der Waals surface area contributed by atoms with Gasteiger partial charge in [-0.2, -0.15) is 0 Å². The van der Waals surface area contributed by atoms with E-state index in [1.807, 2.05) is 19.1 Å². The second kappa shape index (κ2) is 9.53. The van der Waals surface area contributed by atoms with E-state index in [1.54, 1.807) is 27.9 Å². The van der Waals surface area contributed by atoms with Gasteiger partial charge >= 0.3 is 5.97 Å². The molecule has 0 aliphatic carbocycles. The van der Waals surface area contributed by atoms with Gasteiger partial charge in [0, 0.05) is 21.7 Å². The number of rotatable bonds is 10. The maximum Gasteiger partial charge on any atom is 0.349 e. The minimum absolute atomic E-state index is 0. The molecule has 0 atom stereocenters. The summed E-state index contributed by atoms with van der Waals surface area (Å²) in [5.74, 6) is 0.342. The second-order valence-electron chi connectivity index (χ2n) is 5.96. The number of hydrogen-bond acceptors (Lipinski definition) is 5. The summed E-state index contributed by atoms with van der Waals surface area (Å²) in [5, 5.41) is 3.37. The highest BCUT2D eigenvalue weighted by atomic mass is 16.6. The van der Waals surface area contributed by atoms with Crippen molar-refractivity contribution >= 4 is 5.97 Å². The van der Waals surface area contributed by atoms with Crippen molar-refractivity contribution in [2.24, 2.45) is 0 Å². The molecular formula is C18H31NO4. The number of benzene rings is 1. The van der Waals surface area contributed by atoms with Crippen LogP contribution in [0, 0.1) is 6.92 Å². The molecule has 0 saturated heterocycles. The van der Waals surface area contributed by atoms with Gasteiger partial charge in [-0.15, -0.1) is 0 Å². The largest absolute Gasteiger partial charge is 0.476 e. The van der Waals surface area contributed by atoms with E-state index in [2.05, 4.69) is 11.4 Å². The fraction of sp³-hybridized carbons (Fsp3) is 0.611. The zero-order valence-corrected chi connectivity index (χ0v) is 14.9.